The summed E-state index contributed by atoms with van der Waals surface area (Å²) < 4.78 is 38.1. The lowest BCUT2D eigenvalue weighted by molar-refractivity contribution is -0.137. The summed E-state index contributed by atoms with van der Waals surface area (Å²) in [4.78, 5) is 23.6. The summed E-state index contributed by atoms with van der Waals surface area (Å²) in [6.07, 6.45) is -3.59. The molecule has 0 radical (unpaired) electrons. The number of nitrogens with zero attached hydrogens (tertiary/aromatic N) is 2. The summed E-state index contributed by atoms with van der Waals surface area (Å²) in [6, 6.07) is 9.14. The number of fused-ring (bicyclic) bond motifs is 1. The molecule has 1 N–H and O–H groups in total. The maximum Gasteiger partial charge on any atom is 0.416 e. The summed E-state index contributed by atoms with van der Waals surface area (Å²) >= 11 is 1.56. The Balaban J connectivity index is 1.47. The third-order valence-corrected chi connectivity index (χ3v) is 5.92. The van der Waals surface area contributed by atoms with Crippen LogP contribution in [0.5, 0.6) is 0 Å². The molecule has 8 heteroatoms. The highest BCUT2D eigenvalue weighted by molar-refractivity contribution is 7.15. The number of nitrogens with one attached hydrogen (secondary N) is 1. The van der Waals surface area contributed by atoms with Crippen molar-refractivity contribution in [2.45, 2.75) is 32.6 Å². The highest BCUT2D eigenvalue weighted by Crippen LogP contribution is 2.33. The number of hydrogen-bond donors (Lipinski definition) is 1. The van der Waals surface area contributed by atoms with Crippen molar-refractivity contribution in [3.8, 4) is 10.4 Å². The van der Waals surface area contributed by atoms with E-state index in [1.165, 1.54) is 12.1 Å². The van der Waals surface area contributed by atoms with E-state index in [1.54, 1.807) is 18.3 Å². The second-order valence-electron chi connectivity index (χ2n) is 6.88. The Labute approximate surface area is 163 Å². The molecular formula is C20H18F3N3OS. The van der Waals surface area contributed by atoms with Crippen LogP contribution in [-0.2, 0) is 25.7 Å². The van der Waals surface area contributed by atoms with E-state index >= 15 is 0 Å². The second-order valence-corrected chi connectivity index (χ2v) is 8.05. The van der Waals surface area contributed by atoms with Gasteiger partial charge < -0.3 is 4.98 Å². The van der Waals surface area contributed by atoms with Crippen molar-refractivity contribution < 1.29 is 13.2 Å². The van der Waals surface area contributed by atoms with E-state index in [-0.39, 0.29) is 5.56 Å². The van der Waals surface area contributed by atoms with E-state index in [1.807, 2.05) is 12.1 Å². The predicted octanol–water partition coefficient (Wildman–Crippen LogP) is 4.38. The normalized spacial score (nSPS) is 14.9. The van der Waals surface area contributed by atoms with Gasteiger partial charge in [0.1, 0.15) is 5.82 Å². The van der Waals surface area contributed by atoms with Crippen LogP contribution >= 0.6 is 11.3 Å². The van der Waals surface area contributed by atoms with Gasteiger partial charge in [0.05, 0.1) is 16.8 Å². The SMILES string of the molecule is Cc1nc2c(c(=O)[nH]1)CN(Cc1ccc(-c3ccc(C(F)(F)F)cc3)s1)CC2. The van der Waals surface area contributed by atoms with E-state index in [4.69, 9.17) is 0 Å². The van der Waals surface area contributed by atoms with Gasteiger partial charge in [-0.3, -0.25) is 9.69 Å². The number of hydrogen-bond acceptors (Lipinski definition) is 4. The Morgan fingerprint density at radius 1 is 1.18 bits per heavy atom. The summed E-state index contributed by atoms with van der Waals surface area (Å²) in [5, 5.41) is 0. The first kappa shape index (κ1) is 18.9. The zero-order valence-electron chi connectivity index (χ0n) is 15.1. The van der Waals surface area contributed by atoms with Gasteiger partial charge >= 0.3 is 6.18 Å². The van der Waals surface area contributed by atoms with E-state index in [0.29, 0.717) is 18.9 Å². The summed E-state index contributed by atoms with van der Waals surface area (Å²) in [7, 11) is 0. The molecule has 28 heavy (non-hydrogen) atoms. The fraction of sp³-hybridized carbons (Fsp3) is 0.300. The quantitative estimate of drug-likeness (QED) is 0.703. The lowest BCUT2D eigenvalue weighted by Gasteiger charge is -2.27. The Bertz CT molecular complexity index is 1050. The van der Waals surface area contributed by atoms with Crippen molar-refractivity contribution in [1.29, 1.82) is 0 Å². The van der Waals surface area contributed by atoms with Crippen LogP contribution in [-0.4, -0.2) is 21.4 Å². The highest BCUT2D eigenvalue weighted by atomic mass is 32.1. The van der Waals surface area contributed by atoms with Crippen LogP contribution in [0.15, 0.2) is 41.2 Å². The first-order valence-electron chi connectivity index (χ1n) is 8.87. The number of benzene rings is 1. The van der Waals surface area contributed by atoms with Crippen molar-refractivity contribution in [3.05, 3.63) is 74.3 Å². The third kappa shape index (κ3) is 3.88. The number of thiophene rings is 1. The number of rotatable bonds is 3. The molecular weight excluding hydrogens is 387 g/mol. The van der Waals surface area contributed by atoms with Crippen molar-refractivity contribution in [1.82, 2.24) is 14.9 Å². The van der Waals surface area contributed by atoms with Crippen molar-refractivity contribution in [3.63, 3.8) is 0 Å². The minimum atomic E-state index is -4.32. The predicted molar refractivity (Wildman–Crippen MR) is 102 cm³/mol. The molecule has 1 aliphatic rings. The Hall–Kier alpha value is -2.45. The Morgan fingerprint density at radius 3 is 2.64 bits per heavy atom. The van der Waals surface area contributed by atoms with Crippen LogP contribution in [0, 0.1) is 6.92 Å². The van der Waals surface area contributed by atoms with Crippen LogP contribution in [0.25, 0.3) is 10.4 Å². The molecule has 1 aromatic carbocycles. The van der Waals surface area contributed by atoms with E-state index in [9.17, 15) is 18.0 Å². The molecule has 0 saturated heterocycles. The van der Waals surface area contributed by atoms with Gasteiger partial charge in [-0.15, -0.1) is 11.3 Å². The zero-order valence-corrected chi connectivity index (χ0v) is 16.0. The highest BCUT2D eigenvalue weighted by Gasteiger charge is 2.30. The van der Waals surface area contributed by atoms with E-state index < -0.39 is 11.7 Å². The van der Waals surface area contributed by atoms with Crippen LogP contribution in [0.4, 0.5) is 13.2 Å². The van der Waals surface area contributed by atoms with Gasteiger partial charge in [-0.05, 0) is 36.8 Å². The van der Waals surface area contributed by atoms with Crippen molar-refractivity contribution >= 4 is 11.3 Å². The van der Waals surface area contributed by atoms with Crippen LogP contribution in [0.1, 0.15) is 27.5 Å². The van der Waals surface area contributed by atoms with Crippen LogP contribution in [0.3, 0.4) is 0 Å². The van der Waals surface area contributed by atoms with Gasteiger partial charge in [0.25, 0.3) is 5.56 Å². The smallest absolute Gasteiger partial charge is 0.310 e. The number of aryl methyl sites for hydroxylation is 1. The number of aromatic amines is 1. The molecule has 0 bridgehead atoms. The van der Waals surface area contributed by atoms with E-state index in [2.05, 4.69) is 14.9 Å². The number of H-pyrrole nitrogens is 1. The van der Waals surface area contributed by atoms with Gasteiger partial charge in [-0.25, -0.2) is 4.98 Å². The summed E-state index contributed by atoms with van der Waals surface area (Å²) in [6.45, 7) is 3.84. The van der Waals surface area contributed by atoms with Crippen LogP contribution in [0.2, 0.25) is 0 Å². The minimum Gasteiger partial charge on any atom is -0.310 e. The van der Waals surface area contributed by atoms with Gasteiger partial charge in [-0.2, -0.15) is 13.2 Å². The molecule has 0 atom stereocenters. The Morgan fingerprint density at radius 2 is 1.93 bits per heavy atom. The lowest BCUT2D eigenvalue weighted by atomic mass is 10.1. The van der Waals surface area contributed by atoms with Gasteiger partial charge in [0, 0.05) is 35.8 Å². The Kier molecular flexibility index (Phi) is 4.84. The van der Waals surface area contributed by atoms with Gasteiger partial charge in [0.15, 0.2) is 0 Å². The van der Waals surface area contributed by atoms with Crippen molar-refractivity contribution in [2.24, 2.45) is 0 Å². The largest absolute Gasteiger partial charge is 0.416 e. The van der Waals surface area contributed by atoms with Gasteiger partial charge in [0.2, 0.25) is 0 Å². The second kappa shape index (κ2) is 7.18. The van der Waals surface area contributed by atoms with Crippen molar-refractivity contribution in [2.75, 3.05) is 6.54 Å². The maximum absolute atomic E-state index is 12.7. The molecule has 3 heterocycles. The molecule has 0 fully saturated rings. The first-order chi connectivity index (χ1) is 13.3. The standard InChI is InChI=1S/C20H18F3N3OS/c1-12-24-17-8-9-26(11-16(17)19(27)25-12)10-15-6-7-18(28-15)13-2-4-14(5-3-13)20(21,22)23/h2-7H,8-11H2,1H3,(H,24,25,27). The molecule has 1 aliphatic heterocycles. The number of alkyl halides is 3. The topological polar surface area (TPSA) is 49.0 Å². The fourth-order valence-electron chi connectivity index (χ4n) is 3.40. The fourth-order valence-corrected chi connectivity index (χ4v) is 4.46. The average molecular weight is 405 g/mol. The van der Waals surface area contributed by atoms with Crippen LogP contribution < -0.4 is 5.56 Å². The first-order valence-corrected chi connectivity index (χ1v) is 9.68. The summed E-state index contributed by atoms with van der Waals surface area (Å²) in [5.41, 5.74) is 1.63. The molecule has 0 saturated carbocycles. The molecule has 4 nitrogen and oxygen atoms in total. The molecule has 4 rings (SSSR count). The van der Waals surface area contributed by atoms with E-state index in [0.717, 1.165) is 51.7 Å². The van der Waals surface area contributed by atoms with Gasteiger partial charge in [-0.1, -0.05) is 12.1 Å². The lowest BCUT2D eigenvalue weighted by Crippen LogP contribution is -2.35. The molecule has 0 amide bonds. The number of aromatic nitrogens is 2. The monoisotopic (exact) mass is 405 g/mol. The number of halogens is 3. The average Bonchev–Trinajstić information content (AvgIpc) is 3.10. The minimum absolute atomic E-state index is 0.0798. The molecule has 0 unspecified atom stereocenters. The molecule has 3 aromatic rings. The maximum atomic E-state index is 12.7. The molecule has 0 spiro atoms. The summed E-state index contributed by atoms with van der Waals surface area (Å²) in [5.74, 6) is 0.636. The molecule has 0 aliphatic carbocycles. The molecule has 146 valence electrons. The zero-order chi connectivity index (χ0) is 19.9. The molecule has 2 aromatic heterocycles. The third-order valence-electron chi connectivity index (χ3n) is 4.80.